The Labute approximate surface area is 202 Å². The van der Waals surface area contributed by atoms with Crippen molar-refractivity contribution < 1.29 is 4.74 Å². The van der Waals surface area contributed by atoms with Crippen molar-refractivity contribution in [2.24, 2.45) is 0 Å². The Balaban J connectivity index is 1.49. The molecule has 0 atom stereocenters. The molecule has 0 saturated heterocycles. The molecule has 3 heteroatoms. The maximum absolute atomic E-state index is 6.02. The zero-order valence-corrected chi connectivity index (χ0v) is 19.2. The molecule has 0 aliphatic carbocycles. The van der Waals surface area contributed by atoms with Crippen molar-refractivity contribution in [3.05, 3.63) is 150 Å². The zero-order valence-electron chi connectivity index (χ0n) is 19.2. The summed E-state index contributed by atoms with van der Waals surface area (Å²) < 4.78 is 6.02. The highest BCUT2D eigenvalue weighted by Crippen LogP contribution is 2.29. The van der Waals surface area contributed by atoms with Crippen molar-refractivity contribution in [3.8, 4) is 11.5 Å². The highest BCUT2D eigenvalue weighted by atomic mass is 16.5. The van der Waals surface area contributed by atoms with Crippen molar-refractivity contribution in [2.45, 2.75) is 6.92 Å². The minimum atomic E-state index is 0.0996. The van der Waals surface area contributed by atoms with Gasteiger partial charge in [-0.05, 0) is 66.5 Å². The molecule has 0 fully saturated rings. The van der Waals surface area contributed by atoms with Crippen molar-refractivity contribution in [1.29, 1.82) is 0 Å². The summed E-state index contributed by atoms with van der Waals surface area (Å²) in [6.07, 6.45) is 8.69. The Kier molecular flexibility index (Phi) is 6.44. The van der Waals surface area contributed by atoms with Crippen LogP contribution in [0, 0.1) is 6.92 Å². The van der Waals surface area contributed by atoms with Gasteiger partial charge in [0.25, 0.3) is 0 Å². The summed E-state index contributed by atoms with van der Waals surface area (Å²) in [6, 6.07) is 37.2. The minimum absolute atomic E-state index is 0.0996. The summed E-state index contributed by atoms with van der Waals surface area (Å²) in [5.41, 5.74) is 6.00. The zero-order chi connectivity index (χ0) is 23.2. The molecule has 1 heterocycles. The smallest absolute Gasteiger partial charge is 0.320 e. The van der Waals surface area contributed by atoms with Gasteiger partial charge in [0.15, 0.2) is 0 Å². The van der Waals surface area contributed by atoms with Gasteiger partial charge in [0, 0.05) is 11.4 Å². The van der Waals surface area contributed by atoms with Crippen molar-refractivity contribution in [1.82, 2.24) is 0 Å². The number of ether oxygens (including phenoxy) is 1. The highest BCUT2D eigenvalue weighted by molar-refractivity contribution is 6.82. The van der Waals surface area contributed by atoms with E-state index in [4.69, 9.17) is 4.74 Å². The Morgan fingerprint density at radius 1 is 0.676 bits per heavy atom. The average molecular weight is 439 g/mol. The molecule has 2 nitrogen and oxygen atoms in total. The molecule has 0 radical (unpaired) electrons. The molecule has 0 amide bonds. The lowest BCUT2D eigenvalue weighted by Gasteiger charge is -2.34. The molecule has 164 valence electrons. The van der Waals surface area contributed by atoms with Crippen molar-refractivity contribution in [3.63, 3.8) is 0 Å². The van der Waals surface area contributed by atoms with Crippen LogP contribution in [0.5, 0.6) is 11.5 Å². The van der Waals surface area contributed by atoms with E-state index in [1.807, 2.05) is 48.5 Å². The minimum Gasteiger partial charge on any atom is -0.457 e. The molecule has 0 aromatic heterocycles. The molecular weight excluding hydrogens is 413 g/mol. The van der Waals surface area contributed by atoms with Gasteiger partial charge in [0.05, 0.1) is 0 Å². The van der Waals surface area contributed by atoms with Gasteiger partial charge in [-0.25, -0.2) is 0 Å². The number of aryl methyl sites for hydroxylation is 1. The van der Waals surface area contributed by atoms with E-state index < -0.39 is 0 Å². The van der Waals surface area contributed by atoms with Crippen LogP contribution in [0.15, 0.2) is 139 Å². The third-order valence-corrected chi connectivity index (χ3v) is 5.96. The third kappa shape index (κ3) is 4.89. The van der Waals surface area contributed by atoms with E-state index in [2.05, 4.69) is 103 Å². The highest BCUT2D eigenvalue weighted by Gasteiger charge is 2.28. The van der Waals surface area contributed by atoms with Crippen LogP contribution in [0.25, 0.3) is 6.08 Å². The largest absolute Gasteiger partial charge is 0.457 e. The molecular formula is C31H26BNO. The maximum Gasteiger partial charge on any atom is 0.320 e. The van der Waals surface area contributed by atoms with E-state index in [-0.39, 0.29) is 6.85 Å². The number of allylic oxidation sites excluding steroid dienone is 3. The fraction of sp³-hybridized carbons (Fsp3) is 0.0323. The predicted molar refractivity (Wildman–Crippen MR) is 145 cm³/mol. The SMILES string of the molecule is Cc1ccccc1B1C=CC=C(/C=C/c2ccccc2)N1c1ccc(Oc2ccccc2)cc1. The first kappa shape index (κ1) is 21.6. The summed E-state index contributed by atoms with van der Waals surface area (Å²) >= 11 is 0. The van der Waals surface area contributed by atoms with Gasteiger partial charge in [-0.15, -0.1) is 0 Å². The van der Waals surface area contributed by atoms with Gasteiger partial charge in [0.2, 0.25) is 0 Å². The second-order valence-corrected chi connectivity index (χ2v) is 8.30. The molecule has 0 saturated carbocycles. The number of rotatable bonds is 6. The fourth-order valence-corrected chi connectivity index (χ4v) is 4.24. The first-order chi connectivity index (χ1) is 16.8. The van der Waals surface area contributed by atoms with Gasteiger partial charge in [0.1, 0.15) is 11.5 Å². The number of anilines is 1. The normalized spacial score (nSPS) is 13.3. The number of nitrogens with zero attached hydrogens (tertiary/aromatic N) is 1. The lowest BCUT2D eigenvalue weighted by atomic mass is 9.51. The molecule has 34 heavy (non-hydrogen) atoms. The molecule has 5 rings (SSSR count). The number of hydrogen-bond acceptors (Lipinski definition) is 2. The number of hydrogen-bond donors (Lipinski definition) is 0. The van der Waals surface area contributed by atoms with Gasteiger partial charge in [-0.2, -0.15) is 0 Å². The van der Waals surface area contributed by atoms with Crippen molar-refractivity contribution in [2.75, 3.05) is 4.81 Å². The van der Waals surface area contributed by atoms with Crippen LogP contribution in [0.3, 0.4) is 0 Å². The Morgan fingerprint density at radius 2 is 1.32 bits per heavy atom. The second kappa shape index (κ2) is 10.1. The topological polar surface area (TPSA) is 12.5 Å². The van der Waals surface area contributed by atoms with Crippen LogP contribution in [0.4, 0.5) is 5.69 Å². The Bertz CT molecular complexity index is 1320. The van der Waals surface area contributed by atoms with Gasteiger partial charge < -0.3 is 9.55 Å². The van der Waals surface area contributed by atoms with E-state index in [0.717, 1.165) is 22.9 Å². The molecule has 1 aliphatic heterocycles. The Morgan fingerprint density at radius 3 is 2.06 bits per heavy atom. The lowest BCUT2D eigenvalue weighted by molar-refractivity contribution is 0.483. The average Bonchev–Trinajstić information content (AvgIpc) is 2.89. The quantitative estimate of drug-likeness (QED) is 0.295. The lowest BCUT2D eigenvalue weighted by Crippen LogP contribution is -2.48. The summed E-state index contributed by atoms with van der Waals surface area (Å²) in [5, 5.41) is 0. The maximum atomic E-state index is 6.02. The van der Waals surface area contributed by atoms with Crippen LogP contribution < -0.4 is 15.0 Å². The molecule has 1 aliphatic rings. The van der Waals surface area contributed by atoms with Gasteiger partial charge in [-0.3, -0.25) is 0 Å². The molecule has 0 spiro atoms. The Hall–Kier alpha value is -4.24. The van der Waals surface area contributed by atoms with Crippen molar-refractivity contribution >= 4 is 24.1 Å². The second-order valence-electron chi connectivity index (χ2n) is 8.30. The predicted octanol–water partition coefficient (Wildman–Crippen LogP) is 7.20. The number of para-hydroxylation sites is 1. The molecule has 0 N–H and O–H groups in total. The third-order valence-electron chi connectivity index (χ3n) is 5.96. The van der Waals surface area contributed by atoms with Crippen LogP contribution in [0.1, 0.15) is 11.1 Å². The van der Waals surface area contributed by atoms with Crippen LogP contribution in [0.2, 0.25) is 0 Å². The van der Waals surface area contributed by atoms with E-state index in [0.29, 0.717) is 0 Å². The first-order valence-corrected chi connectivity index (χ1v) is 11.6. The van der Waals surface area contributed by atoms with Crippen LogP contribution >= 0.6 is 0 Å². The monoisotopic (exact) mass is 439 g/mol. The van der Waals surface area contributed by atoms with E-state index >= 15 is 0 Å². The fourth-order valence-electron chi connectivity index (χ4n) is 4.24. The molecule has 0 unspecified atom stereocenters. The van der Waals surface area contributed by atoms with Gasteiger partial charge >= 0.3 is 6.85 Å². The number of benzene rings is 4. The van der Waals surface area contributed by atoms with E-state index in [9.17, 15) is 0 Å². The summed E-state index contributed by atoms with van der Waals surface area (Å²) in [6.45, 7) is 2.28. The van der Waals surface area contributed by atoms with Gasteiger partial charge in [-0.1, -0.05) is 96.5 Å². The summed E-state index contributed by atoms with van der Waals surface area (Å²) in [7, 11) is 0. The van der Waals surface area contributed by atoms with E-state index in [1.165, 1.54) is 16.6 Å². The van der Waals surface area contributed by atoms with Crippen LogP contribution in [-0.2, 0) is 0 Å². The standard InChI is InChI=1S/C31H26BNO/c1-25-11-8-9-17-31(25)32-24-10-14-27(19-18-26-12-4-2-5-13-26)33(32)28-20-22-30(23-21-28)34-29-15-6-3-7-16-29/h2-24H,1H3/b19-18+. The summed E-state index contributed by atoms with van der Waals surface area (Å²) in [4.78, 5) is 2.38. The first-order valence-electron chi connectivity index (χ1n) is 11.6. The van der Waals surface area contributed by atoms with E-state index in [1.54, 1.807) is 0 Å². The molecule has 0 bridgehead atoms. The van der Waals surface area contributed by atoms with Crippen LogP contribution in [-0.4, -0.2) is 6.85 Å². The molecule has 4 aromatic rings. The summed E-state index contributed by atoms with van der Waals surface area (Å²) in [5.74, 6) is 3.91. The molecule has 4 aromatic carbocycles.